The molecule has 1 aliphatic heterocycles. The van der Waals surface area contributed by atoms with Gasteiger partial charge in [-0.1, -0.05) is 84.9 Å². The molecule has 0 aliphatic carbocycles. The average molecular weight is 551 g/mol. The molecule has 0 N–H and O–H groups in total. The first-order valence-corrected chi connectivity index (χ1v) is 14.4. The molecule has 0 fully saturated rings. The van der Waals surface area contributed by atoms with Crippen LogP contribution in [0.1, 0.15) is 0 Å². The van der Waals surface area contributed by atoms with E-state index >= 15 is 0 Å². The number of fused-ring (bicyclic) bond motifs is 9. The van der Waals surface area contributed by atoms with Gasteiger partial charge in [0.1, 0.15) is 11.5 Å². The van der Waals surface area contributed by atoms with Gasteiger partial charge in [0.2, 0.25) is 0 Å². The van der Waals surface area contributed by atoms with Gasteiger partial charge < -0.3 is 4.74 Å². The highest BCUT2D eigenvalue weighted by molar-refractivity contribution is 5.99. The SMILES string of the molecule is c1ccc2c(c1)Oc1ccccc1-c1cc(-c3ccncc3)ccc1-c1ccccc1-c1ccc(-c3ccncc3)cc1-2. The molecule has 43 heavy (non-hydrogen) atoms. The Morgan fingerprint density at radius 3 is 1.12 bits per heavy atom. The van der Waals surface area contributed by atoms with Gasteiger partial charge in [0.25, 0.3) is 0 Å². The van der Waals surface area contributed by atoms with E-state index in [1.54, 1.807) is 0 Å². The monoisotopic (exact) mass is 550 g/mol. The fourth-order valence-corrected chi connectivity index (χ4v) is 6.08. The number of hydrogen-bond donors (Lipinski definition) is 0. The highest BCUT2D eigenvalue weighted by Crippen LogP contribution is 2.48. The van der Waals surface area contributed by atoms with E-state index in [1.165, 1.54) is 11.1 Å². The largest absolute Gasteiger partial charge is 0.456 e. The lowest BCUT2D eigenvalue weighted by Gasteiger charge is -2.18. The van der Waals surface area contributed by atoms with E-state index in [-0.39, 0.29) is 0 Å². The highest BCUT2D eigenvalue weighted by Gasteiger charge is 2.22. The molecule has 0 atom stereocenters. The van der Waals surface area contributed by atoms with Crippen molar-refractivity contribution in [1.29, 1.82) is 0 Å². The van der Waals surface area contributed by atoms with Gasteiger partial charge >= 0.3 is 0 Å². The Morgan fingerprint density at radius 1 is 0.302 bits per heavy atom. The summed E-state index contributed by atoms with van der Waals surface area (Å²) in [6.45, 7) is 0. The zero-order valence-electron chi connectivity index (χ0n) is 23.3. The van der Waals surface area contributed by atoms with Crippen LogP contribution < -0.4 is 4.74 Å². The van der Waals surface area contributed by atoms with Gasteiger partial charge in [-0.25, -0.2) is 0 Å². The summed E-state index contributed by atoms with van der Waals surface area (Å²) >= 11 is 0. The Kier molecular flexibility index (Phi) is 6.12. The summed E-state index contributed by atoms with van der Waals surface area (Å²) in [5.74, 6) is 1.63. The summed E-state index contributed by atoms with van der Waals surface area (Å²) in [7, 11) is 0. The van der Waals surface area contributed by atoms with Crippen LogP contribution in [0.3, 0.4) is 0 Å². The lowest BCUT2D eigenvalue weighted by Crippen LogP contribution is -1.92. The van der Waals surface area contributed by atoms with Crippen molar-refractivity contribution < 1.29 is 4.74 Å². The van der Waals surface area contributed by atoms with E-state index in [0.717, 1.165) is 67.1 Å². The average Bonchev–Trinajstić information content (AvgIpc) is 3.10. The number of benzene rings is 5. The van der Waals surface area contributed by atoms with Crippen LogP contribution in [0.5, 0.6) is 11.5 Å². The Morgan fingerprint density at radius 2 is 0.674 bits per heavy atom. The quantitative estimate of drug-likeness (QED) is 0.215. The Balaban J connectivity index is 1.46. The molecule has 0 saturated heterocycles. The Hall–Kier alpha value is -5.80. The summed E-state index contributed by atoms with van der Waals surface area (Å²) in [6.07, 6.45) is 7.36. The van der Waals surface area contributed by atoms with Crippen LogP contribution in [0.2, 0.25) is 0 Å². The summed E-state index contributed by atoms with van der Waals surface area (Å²) in [6, 6.07) is 47.1. The van der Waals surface area contributed by atoms with Gasteiger partial charge in [-0.15, -0.1) is 0 Å². The molecule has 1 aliphatic rings. The van der Waals surface area contributed by atoms with Crippen LogP contribution in [0, 0.1) is 0 Å². The molecule has 8 rings (SSSR count). The molecule has 2 aromatic heterocycles. The van der Waals surface area contributed by atoms with Crippen molar-refractivity contribution >= 4 is 0 Å². The Bertz CT molecular complexity index is 1950. The van der Waals surface area contributed by atoms with Crippen LogP contribution in [0.15, 0.2) is 158 Å². The molecular weight excluding hydrogens is 524 g/mol. The molecule has 3 heteroatoms. The fraction of sp³-hybridized carbons (Fsp3) is 0. The number of nitrogens with zero attached hydrogens (tertiary/aromatic N) is 2. The second kappa shape index (κ2) is 10.6. The second-order valence-electron chi connectivity index (χ2n) is 10.6. The van der Waals surface area contributed by atoms with Crippen molar-refractivity contribution in [2.75, 3.05) is 0 Å². The third-order valence-electron chi connectivity index (χ3n) is 8.15. The van der Waals surface area contributed by atoms with Crippen LogP contribution >= 0.6 is 0 Å². The molecule has 5 aromatic carbocycles. The number of ether oxygens (including phenoxy) is 1. The molecular formula is C40H26N2O. The van der Waals surface area contributed by atoms with Gasteiger partial charge in [-0.2, -0.15) is 0 Å². The van der Waals surface area contributed by atoms with E-state index in [4.69, 9.17) is 4.74 Å². The third kappa shape index (κ3) is 4.48. The minimum absolute atomic E-state index is 0.814. The van der Waals surface area contributed by atoms with Crippen LogP contribution in [0.25, 0.3) is 66.8 Å². The predicted octanol–water partition coefficient (Wildman–Crippen LogP) is 10.6. The lowest BCUT2D eigenvalue weighted by molar-refractivity contribution is 0.486. The fourth-order valence-electron chi connectivity index (χ4n) is 6.08. The molecule has 7 aromatic rings. The molecule has 0 unspecified atom stereocenters. The standard InChI is InChI=1S/C40H26N2O/c1-2-8-32-31(7-1)33-15-13-29(27-17-21-41-22-18-27)25-37(33)35-9-3-5-11-39(35)43-40-12-6-4-10-36(40)38-26-30(14-16-34(32)38)28-19-23-42-24-20-28/h1-26H. The van der Waals surface area contributed by atoms with E-state index in [1.807, 2.05) is 36.9 Å². The first-order valence-electron chi connectivity index (χ1n) is 14.4. The third-order valence-corrected chi connectivity index (χ3v) is 8.15. The summed E-state index contributed by atoms with van der Waals surface area (Å²) < 4.78 is 6.86. The van der Waals surface area contributed by atoms with Crippen molar-refractivity contribution in [3.8, 4) is 78.3 Å². The minimum atomic E-state index is 0.814. The number of aromatic nitrogens is 2. The number of rotatable bonds is 2. The van der Waals surface area contributed by atoms with E-state index < -0.39 is 0 Å². The summed E-state index contributed by atoms with van der Waals surface area (Å²) in [5.41, 5.74) is 13.5. The van der Waals surface area contributed by atoms with Gasteiger partial charge in [0, 0.05) is 35.9 Å². The van der Waals surface area contributed by atoms with Crippen LogP contribution in [-0.4, -0.2) is 9.97 Å². The highest BCUT2D eigenvalue weighted by atomic mass is 16.5. The summed E-state index contributed by atoms with van der Waals surface area (Å²) in [4.78, 5) is 8.46. The molecule has 3 nitrogen and oxygen atoms in total. The number of pyridine rings is 2. The topological polar surface area (TPSA) is 35.0 Å². The predicted molar refractivity (Wildman–Crippen MR) is 175 cm³/mol. The molecule has 3 heterocycles. The number of hydrogen-bond acceptors (Lipinski definition) is 3. The van der Waals surface area contributed by atoms with Gasteiger partial charge in [0.05, 0.1) is 0 Å². The van der Waals surface area contributed by atoms with Crippen molar-refractivity contribution in [3.63, 3.8) is 0 Å². The maximum Gasteiger partial charge on any atom is 0.135 e. The molecule has 0 bridgehead atoms. The van der Waals surface area contributed by atoms with E-state index in [0.29, 0.717) is 0 Å². The van der Waals surface area contributed by atoms with Gasteiger partial charge in [-0.05, 0) is 104 Å². The first-order chi connectivity index (χ1) is 21.3. The summed E-state index contributed by atoms with van der Waals surface area (Å²) in [5, 5.41) is 0. The van der Waals surface area contributed by atoms with E-state index in [9.17, 15) is 0 Å². The second-order valence-corrected chi connectivity index (χ2v) is 10.6. The smallest absolute Gasteiger partial charge is 0.135 e. The molecule has 202 valence electrons. The maximum absolute atomic E-state index is 6.86. The zero-order valence-corrected chi connectivity index (χ0v) is 23.3. The van der Waals surface area contributed by atoms with Crippen LogP contribution in [-0.2, 0) is 0 Å². The molecule has 0 spiro atoms. The minimum Gasteiger partial charge on any atom is -0.456 e. The lowest BCUT2D eigenvalue weighted by atomic mass is 9.85. The van der Waals surface area contributed by atoms with E-state index in [2.05, 4.69) is 131 Å². The molecule has 0 saturated carbocycles. The normalized spacial score (nSPS) is 11.4. The Labute approximate surface area is 250 Å². The van der Waals surface area contributed by atoms with Crippen molar-refractivity contribution in [3.05, 3.63) is 158 Å². The molecule has 0 radical (unpaired) electrons. The maximum atomic E-state index is 6.86. The molecule has 0 amide bonds. The first kappa shape index (κ1) is 25.0. The van der Waals surface area contributed by atoms with Crippen molar-refractivity contribution in [2.45, 2.75) is 0 Å². The van der Waals surface area contributed by atoms with Crippen LogP contribution in [0.4, 0.5) is 0 Å². The zero-order chi connectivity index (χ0) is 28.6. The van der Waals surface area contributed by atoms with Crippen molar-refractivity contribution in [1.82, 2.24) is 9.97 Å². The number of para-hydroxylation sites is 2. The van der Waals surface area contributed by atoms with Crippen molar-refractivity contribution in [2.24, 2.45) is 0 Å². The van der Waals surface area contributed by atoms with Gasteiger partial charge in [0.15, 0.2) is 0 Å². The van der Waals surface area contributed by atoms with Gasteiger partial charge in [-0.3, -0.25) is 9.97 Å².